The maximum Gasteiger partial charge on any atom is 0.254 e. The molecule has 0 bridgehead atoms. The van der Waals surface area contributed by atoms with Crippen LogP contribution in [0.4, 0.5) is 0 Å². The molecule has 3 aromatic rings. The standard InChI is InChI=1S/C32H40N2O4S/c1-22(2)13-16-33(32(36)25-7-6-8-27(19-25)37-5)20-31(35)34-17-14-30-28(15-18-39-30)29(34)21-38-26-11-9-24(10-12-26)23(3)4/h6-12,15,18-19,22-23,29H,13-14,16-17,20-21H2,1-5H3. The summed E-state index contributed by atoms with van der Waals surface area (Å²) in [6.45, 7) is 10.1. The summed E-state index contributed by atoms with van der Waals surface area (Å²) in [5, 5.41) is 2.09. The highest BCUT2D eigenvalue weighted by Gasteiger charge is 2.33. The summed E-state index contributed by atoms with van der Waals surface area (Å²) in [6, 6.07) is 17.2. The molecule has 208 valence electrons. The third-order valence-corrected chi connectivity index (χ3v) is 8.27. The van der Waals surface area contributed by atoms with Crippen LogP contribution in [0.1, 0.15) is 72.4 Å². The Morgan fingerprint density at radius 1 is 1.05 bits per heavy atom. The number of carbonyl (C=O) groups excluding carboxylic acids is 2. The predicted molar refractivity (Wildman–Crippen MR) is 157 cm³/mol. The highest BCUT2D eigenvalue weighted by atomic mass is 32.1. The third kappa shape index (κ3) is 7.21. The number of carbonyl (C=O) groups is 2. The van der Waals surface area contributed by atoms with Crippen molar-refractivity contribution in [2.75, 3.05) is 33.4 Å². The van der Waals surface area contributed by atoms with Gasteiger partial charge in [0, 0.05) is 23.5 Å². The Bertz CT molecular complexity index is 1250. The van der Waals surface area contributed by atoms with Crippen LogP contribution in [0.2, 0.25) is 0 Å². The lowest BCUT2D eigenvalue weighted by molar-refractivity contribution is -0.135. The SMILES string of the molecule is COc1cccc(C(=O)N(CCC(C)C)CC(=O)N2CCc3sccc3C2COc2ccc(C(C)C)cc2)c1. The second kappa shape index (κ2) is 13.2. The summed E-state index contributed by atoms with van der Waals surface area (Å²) >= 11 is 1.73. The van der Waals surface area contributed by atoms with Crippen molar-refractivity contribution in [1.82, 2.24) is 9.80 Å². The van der Waals surface area contributed by atoms with E-state index in [9.17, 15) is 9.59 Å². The molecule has 7 heteroatoms. The van der Waals surface area contributed by atoms with Crippen molar-refractivity contribution in [1.29, 1.82) is 0 Å². The summed E-state index contributed by atoms with van der Waals surface area (Å²) in [7, 11) is 1.58. The van der Waals surface area contributed by atoms with E-state index >= 15 is 0 Å². The number of rotatable bonds is 11. The van der Waals surface area contributed by atoms with E-state index in [1.165, 1.54) is 10.4 Å². The zero-order chi connectivity index (χ0) is 27.9. The van der Waals surface area contributed by atoms with Gasteiger partial charge in [-0.15, -0.1) is 11.3 Å². The van der Waals surface area contributed by atoms with Crippen LogP contribution in [0.3, 0.4) is 0 Å². The smallest absolute Gasteiger partial charge is 0.254 e. The molecule has 0 spiro atoms. The topological polar surface area (TPSA) is 59.1 Å². The van der Waals surface area contributed by atoms with Gasteiger partial charge in [0.15, 0.2) is 0 Å². The average Bonchev–Trinajstić information content (AvgIpc) is 3.43. The molecule has 0 fully saturated rings. The molecule has 1 aliphatic rings. The summed E-state index contributed by atoms with van der Waals surface area (Å²) in [6.07, 6.45) is 1.63. The van der Waals surface area contributed by atoms with E-state index in [1.54, 1.807) is 41.5 Å². The quantitative estimate of drug-likeness (QED) is 0.272. The molecule has 1 aliphatic heterocycles. The van der Waals surface area contributed by atoms with E-state index in [0.29, 0.717) is 42.8 Å². The molecule has 1 aromatic heterocycles. The molecule has 1 unspecified atom stereocenters. The number of thiophene rings is 1. The fourth-order valence-electron chi connectivity index (χ4n) is 4.86. The molecule has 39 heavy (non-hydrogen) atoms. The number of nitrogens with zero attached hydrogens (tertiary/aromatic N) is 2. The number of hydrogen-bond donors (Lipinski definition) is 0. The minimum Gasteiger partial charge on any atom is -0.497 e. The lowest BCUT2D eigenvalue weighted by Crippen LogP contribution is -2.48. The van der Waals surface area contributed by atoms with E-state index in [2.05, 4.69) is 51.3 Å². The van der Waals surface area contributed by atoms with Gasteiger partial charge in [0.2, 0.25) is 5.91 Å². The highest BCUT2D eigenvalue weighted by Crippen LogP contribution is 2.34. The van der Waals surface area contributed by atoms with E-state index in [0.717, 1.165) is 24.2 Å². The molecular formula is C32H40N2O4S. The second-order valence-electron chi connectivity index (χ2n) is 10.8. The second-order valence-corrected chi connectivity index (χ2v) is 11.8. The van der Waals surface area contributed by atoms with Crippen LogP contribution >= 0.6 is 11.3 Å². The molecule has 4 rings (SSSR count). The molecule has 6 nitrogen and oxygen atoms in total. The van der Waals surface area contributed by atoms with Crippen molar-refractivity contribution in [2.45, 2.75) is 52.5 Å². The maximum atomic E-state index is 13.8. The van der Waals surface area contributed by atoms with Crippen LogP contribution in [0.5, 0.6) is 11.5 Å². The van der Waals surface area contributed by atoms with Crippen molar-refractivity contribution >= 4 is 23.2 Å². The van der Waals surface area contributed by atoms with Crippen LogP contribution < -0.4 is 9.47 Å². The van der Waals surface area contributed by atoms with Gasteiger partial charge < -0.3 is 19.3 Å². The lowest BCUT2D eigenvalue weighted by atomic mass is 10.00. The Labute approximate surface area is 236 Å². The molecule has 2 heterocycles. The Kier molecular flexibility index (Phi) is 9.68. The number of benzene rings is 2. The molecule has 0 saturated heterocycles. The number of fused-ring (bicyclic) bond motifs is 1. The Hall–Kier alpha value is -3.32. The summed E-state index contributed by atoms with van der Waals surface area (Å²) < 4.78 is 11.6. The van der Waals surface area contributed by atoms with Gasteiger partial charge in [-0.2, -0.15) is 0 Å². The molecule has 0 N–H and O–H groups in total. The van der Waals surface area contributed by atoms with E-state index in [4.69, 9.17) is 9.47 Å². The Morgan fingerprint density at radius 3 is 2.51 bits per heavy atom. The van der Waals surface area contributed by atoms with Crippen molar-refractivity contribution in [3.8, 4) is 11.5 Å². The maximum absolute atomic E-state index is 13.8. The lowest BCUT2D eigenvalue weighted by Gasteiger charge is -2.37. The van der Waals surface area contributed by atoms with E-state index in [1.807, 2.05) is 23.1 Å². The van der Waals surface area contributed by atoms with Gasteiger partial charge in [0.1, 0.15) is 24.7 Å². The van der Waals surface area contributed by atoms with E-state index < -0.39 is 0 Å². The fraction of sp³-hybridized carbons (Fsp3) is 0.438. The zero-order valence-electron chi connectivity index (χ0n) is 23.7. The largest absolute Gasteiger partial charge is 0.497 e. The first-order chi connectivity index (χ1) is 18.8. The number of amides is 2. The molecule has 0 aliphatic carbocycles. The van der Waals surface area contributed by atoms with Gasteiger partial charge in [0.25, 0.3) is 5.91 Å². The van der Waals surface area contributed by atoms with Crippen LogP contribution in [0.15, 0.2) is 60.0 Å². The van der Waals surface area contributed by atoms with Crippen LogP contribution in [-0.2, 0) is 11.2 Å². The van der Waals surface area contributed by atoms with Gasteiger partial charge in [0.05, 0.1) is 13.2 Å². The summed E-state index contributed by atoms with van der Waals surface area (Å²) in [5.74, 6) is 2.06. The predicted octanol–water partition coefficient (Wildman–Crippen LogP) is 6.57. The molecule has 0 radical (unpaired) electrons. The van der Waals surface area contributed by atoms with Crippen LogP contribution in [0.25, 0.3) is 0 Å². The van der Waals surface area contributed by atoms with Crippen molar-refractivity contribution < 1.29 is 19.1 Å². The first-order valence-corrected chi connectivity index (χ1v) is 14.7. The first-order valence-electron chi connectivity index (χ1n) is 13.8. The number of ether oxygens (including phenoxy) is 2. The van der Waals surface area contributed by atoms with Gasteiger partial charge in [-0.1, -0.05) is 45.9 Å². The summed E-state index contributed by atoms with van der Waals surface area (Å²) in [5.41, 5.74) is 2.93. The molecule has 2 amide bonds. The van der Waals surface area contributed by atoms with Crippen LogP contribution in [-0.4, -0.2) is 55.0 Å². The van der Waals surface area contributed by atoms with Crippen molar-refractivity contribution in [3.63, 3.8) is 0 Å². The average molecular weight is 549 g/mol. The molecular weight excluding hydrogens is 508 g/mol. The Balaban J connectivity index is 1.52. The number of methoxy groups -OCH3 is 1. The molecule has 2 aromatic carbocycles. The molecule has 0 saturated carbocycles. The minimum atomic E-state index is -0.198. The van der Waals surface area contributed by atoms with Crippen molar-refractivity contribution in [3.05, 3.63) is 81.5 Å². The first kappa shape index (κ1) is 28.7. The third-order valence-electron chi connectivity index (χ3n) is 7.28. The normalized spacial score (nSPS) is 14.8. The fourth-order valence-corrected chi connectivity index (χ4v) is 5.79. The zero-order valence-corrected chi connectivity index (χ0v) is 24.5. The molecule has 1 atom stereocenters. The summed E-state index contributed by atoms with van der Waals surface area (Å²) in [4.78, 5) is 32.3. The van der Waals surface area contributed by atoms with Crippen molar-refractivity contribution in [2.24, 2.45) is 5.92 Å². The van der Waals surface area contributed by atoms with Gasteiger partial charge >= 0.3 is 0 Å². The highest BCUT2D eigenvalue weighted by molar-refractivity contribution is 7.10. The van der Waals surface area contributed by atoms with Crippen LogP contribution in [0, 0.1) is 5.92 Å². The van der Waals surface area contributed by atoms with Gasteiger partial charge in [-0.25, -0.2) is 0 Å². The Morgan fingerprint density at radius 2 is 1.82 bits per heavy atom. The van der Waals surface area contributed by atoms with Gasteiger partial charge in [-0.05, 0) is 77.6 Å². The minimum absolute atomic E-state index is 0.0296. The monoisotopic (exact) mass is 548 g/mol. The number of hydrogen-bond acceptors (Lipinski definition) is 5. The van der Waals surface area contributed by atoms with Gasteiger partial charge in [-0.3, -0.25) is 9.59 Å². The van der Waals surface area contributed by atoms with E-state index in [-0.39, 0.29) is 24.4 Å².